The zero-order valence-electron chi connectivity index (χ0n) is 9.81. The highest BCUT2D eigenvalue weighted by molar-refractivity contribution is 14.1. The van der Waals surface area contributed by atoms with Crippen LogP contribution in [0.3, 0.4) is 0 Å². The van der Waals surface area contributed by atoms with Crippen LogP contribution in [0, 0.1) is 3.57 Å². The molecule has 4 heteroatoms. The molecule has 2 aromatic carbocycles. The van der Waals surface area contributed by atoms with E-state index in [9.17, 15) is 4.79 Å². The monoisotopic (exact) mass is 369 g/mol. The molecule has 1 N–H and O–H groups in total. The van der Waals surface area contributed by atoms with E-state index in [4.69, 9.17) is 0 Å². The number of carbonyl (C=O) groups is 1. The summed E-state index contributed by atoms with van der Waals surface area (Å²) in [6.07, 6.45) is 2.00. The van der Waals surface area contributed by atoms with Gasteiger partial charge in [-0.05, 0) is 59.2 Å². The van der Waals surface area contributed by atoms with Crippen molar-refractivity contribution in [3.63, 3.8) is 0 Å². The van der Waals surface area contributed by atoms with Gasteiger partial charge in [-0.1, -0.05) is 18.2 Å². The van der Waals surface area contributed by atoms with Gasteiger partial charge in [-0.2, -0.15) is 0 Å². The smallest absolute Gasteiger partial charge is 0.255 e. The minimum Gasteiger partial charge on any atom is -0.321 e. The van der Waals surface area contributed by atoms with E-state index in [0.717, 1.165) is 14.2 Å². The molecule has 0 aliphatic carbocycles. The number of halogens is 1. The average molecular weight is 369 g/mol. The van der Waals surface area contributed by atoms with Crippen molar-refractivity contribution in [3.05, 3.63) is 57.7 Å². The Bertz CT molecular complexity index is 571. The van der Waals surface area contributed by atoms with Gasteiger partial charge in [-0.25, -0.2) is 0 Å². The summed E-state index contributed by atoms with van der Waals surface area (Å²) in [6, 6.07) is 15.3. The summed E-state index contributed by atoms with van der Waals surface area (Å²) in [4.78, 5) is 13.2. The second-order valence-corrected chi connectivity index (χ2v) is 5.76. The Labute approximate surface area is 124 Å². The number of anilines is 1. The van der Waals surface area contributed by atoms with E-state index in [-0.39, 0.29) is 5.91 Å². The van der Waals surface area contributed by atoms with Gasteiger partial charge in [-0.15, -0.1) is 11.8 Å². The summed E-state index contributed by atoms with van der Waals surface area (Å²) < 4.78 is 1.05. The van der Waals surface area contributed by atoms with E-state index in [2.05, 4.69) is 27.9 Å². The van der Waals surface area contributed by atoms with Crippen LogP contribution in [-0.4, -0.2) is 12.2 Å². The number of para-hydroxylation sites is 1. The van der Waals surface area contributed by atoms with E-state index in [1.807, 2.05) is 54.8 Å². The van der Waals surface area contributed by atoms with Crippen LogP contribution in [-0.2, 0) is 0 Å². The number of nitrogens with one attached hydrogen (secondary N) is 1. The van der Waals surface area contributed by atoms with Crippen molar-refractivity contribution in [2.75, 3.05) is 11.6 Å². The van der Waals surface area contributed by atoms with E-state index in [1.54, 1.807) is 11.8 Å². The molecule has 0 atom stereocenters. The van der Waals surface area contributed by atoms with Gasteiger partial charge in [0.05, 0.1) is 5.69 Å². The second kappa shape index (κ2) is 6.24. The van der Waals surface area contributed by atoms with Gasteiger partial charge in [0.15, 0.2) is 0 Å². The number of rotatable bonds is 3. The van der Waals surface area contributed by atoms with Gasteiger partial charge in [-0.3, -0.25) is 4.79 Å². The Balaban J connectivity index is 2.21. The number of hydrogen-bond acceptors (Lipinski definition) is 2. The first-order valence-corrected chi connectivity index (χ1v) is 7.71. The number of hydrogen-bond donors (Lipinski definition) is 1. The first kappa shape index (κ1) is 13.4. The molecule has 0 aliphatic rings. The molecule has 0 aromatic heterocycles. The van der Waals surface area contributed by atoms with Crippen molar-refractivity contribution >= 4 is 45.9 Å². The van der Waals surface area contributed by atoms with Crippen LogP contribution in [0.1, 0.15) is 10.4 Å². The van der Waals surface area contributed by atoms with Gasteiger partial charge in [0.2, 0.25) is 0 Å². The Kier molecular flexibility index (Phi) is 4.66. The van der Waals surface area contributed by atoms with Crippen molar-refractivity contribution in [2.24, 2.45) is 0 Å². The Morgan fingerprint density at radius 2 is 1.94 bits per heavy atom. The number of amides is 1. The van der Waals surface area contributed by atoms with Gasteiger partial charge in [0.1, 0.15) is 0 Å². The molecule has 18 heavy (non-hydrogen) atoms. The molecule has 0 fully saturated rings. The van der Waals surface area contributed by atoms with Crippen LogP contribution in [0.4, 0.5) is 5.69 Å². The minimum absolute atomic E-state index is 0.0741. The zero-order chi connectivity index (χ0) is 13.0. The number of thioether (sulfide) groups is 1. The number of carbonyl (C=O) groups excluding carboxylic acids is 1. The standard InChI is InChI=1S/C14H12INOS/c1-18-13-8-3-2-7-12(13)16-14(17)10-5-4-6-11(15)9-10/h2-9H,1H3,(H,16,17). The maximum absolute atomic E-state index is 12.1. The third-order valence-electron chi connectivity index (χ3n) is 2.44. The highest BCUT2D eigenvalue weighted by Crippen LogP contribution is 2.25. The SMILES string of the molecule is CSc1ccccc1NC(=O)c1cccc(I)c1. The molecule has 0 aliphatic heterocycles. The van der Waals surface area contributed by atoms with Crippen LogP contribution in [0.5, 0.6) is 0 Å². The third kappa shape index (κ3) is 3.26. The van der Waals surface area contributed by atoms with Crippen molar-refractivity contribution in [2.45, 2.75) is 4.90 Å². The van der Waals surface area contributed by atoms with Crippen molar-refractivity contribution in [1.29, 1.82) is 0 Å². The van der Waals surface area contributed by atoms with Crippen LogP contribution < -0.4 is 5.32 Å². The summed E-state index contributed by atoms with van der Waals surface area (Å²) in [5.74, 6) is -0.0741. The average Bonchev–Trinajstić information content (AvgIpc) is 2.39. The molecular formula is C14H12INOS. The predicted molar refractivity (Wildman–Crippen MR) is 85.3 cm³/mol. The van der Waals surface area contributed by atoms with Crippen molar-refractivity contribution in [3.8, 4) is 0 Å². The molecule has 0 spiro atoms. The minimum atomic E-state index is -0.0741. The van der Waals surface area contributed by atoms with Gasteiger partial charge in [0, 0.05) is 14.0 Å². The molecule has 2 aromatic rings. The van der Waals surface area contributed by atoms with Crippen LogP contribution in [0.2, 0.25) is 0 Å². The fourth-order valence-electron chi connectivity index (χ4n) is 1.57. The maximum atomic E-state index is 12.1. The van der Waals surface area contributed by atoms with Crippen LogP contribution in [0.15, 0.2) is 53.4 Å². The van der Waals surface area contributed by atoms with Crippen molar-refractivity contribution < 1.29 is 4.79 Å². The Morgan fingerprint density at radius 1 is 1.17 bits per heavy atom. The first-order valence-electron chi connectivity index (χ1n) is 5.40. The van der Waals surface area contributed by atoms with Crippen molar-refractivity contribution in [1.82, 2.24) is 0 Å². The fourth-order valence-corrected chi connectivity index (χ4v) is 2.67. The van der Waals surface area contributed by atoms with E-state index in [0.29, 0.717) is 5.56 Å². The lowest BCUT2D eigenvalue weighted by molar-refractivity contribution is 0.102. The molecule has 0 bridgehead atoms. The molecule has 1 amide bonds. The Morgan fingerprint density at radius 3 is 2.67 bits per heavy atom. The summed E-state index contributed by atoms with van der Waals surface area (Å²) in [5.41, 5.74) is 1.53. The molecule has 0 unspecified atom stereocenters. The van der Waals surface area contributed by atoms with E-state index in [1.165, 1.54) is 0 Å². The molecule has 0 saturated carbocycles. The lowest BCUT2D eigenvalue weighted by Gasteiger charge is -2.09. The second-order valence-electron chi connectivity index (χ2n) is 3.66. The first-order chi connectivity index (χ1) is 8.70. The quantitative estimate of drug-likeness (QED) is 0.647. The molecule has 2 nitrogen and oxygen atoms in total. The molecule has 92 valence electrons. The summed E-state index contributed by atoms with van der Waals surface area (Å²) >= 11 is 3.82. The fraction of sp³-hybridized carbons (Fsp3) is 0.0714. The van der Waals surface area contributed by atoms with Gasteiger partial charge in [0.25, 0.3) is 5.91 Å². The Hall–Kier alpha value is -1.01. The van der Waals surface area contributed by atoms with E-state index < -0.39 is 0 Å². The van der Waals surface area contributed by atoms with Crippen LogP contribution >= 0.6 is 34.4 Å². The largest absolute Gasteiger partial charge is 0.321 e. The lowest BCUT2D eigenvalue weighted by atomic mass is 10.2. The molecule has 2 rings (SSSR count). The van der Waals surface area contributed by atoms with Crippen LogP contribution in [0.25, 0.3) is 0 Å². The lowest BCUT2D eigenvalue weighted by Crippen LogP contribution is -2.12. The molecule has 0 saturated heterocycles. The summed E-state index contributed by atoms with van der Waals surface area (Å²) in [5, 5.41) is 2.94. The zero-order valence-corrected chi connectivity index (χ0v) is 12.8. The topological polar surface area (TPSA) is 29.1 Å². The molecular weight excluding hydrogens is 357 g/mol. The van der Waals surface area contributed by atoms with Gasteiger partial charge < -0.3 is 5.32 Å². The van der Waals surface area contributed by atoms with Gasteiger partial charge >= 0.3 is 0 Å². The molecule has 0 heterocycles. The van der Waals surface area contributed by atoms with E-state index >= 15 is 0 Å². The number of benzene rings is 2. The summed E-state index contributed by atoms with van der Waals surface area (Å²) in [7, 11) is 0. The molecule has 0 radical (unpaired) electrons. The third-order valence-corrected chi connectivity index (χ3v) is 3.91. The highest BCUT2D eigenvalue weighted by atomic mass is 127. The highest BCUT2D eigenvalue weighted by Gasteiger charge is 2.08. The maximum Gasteiger partial charge on any atom is 0.255 e. The summed E-state index contributed by atoms with van der Waals surface area (Å²) in [6.45, 7) is 0. The predicted octanol–water partition coefficient (Wildman–Crippen LogP) is 4.27. The normalized spacial score (nSPS) is 10.1.